The van der Waals surface area contributed by atoms with Crippen molar-refractivity contribution >= 4 is 27.6 Å². The van der Waals surface area contributed by atoms with Gasteiger partial charge in [0.25, 0.3) is 0 Å². The Hall–Kier alpha value is -2.67. The van der Waals surface area contributed by atoms with E-state index in [2.05, 4.69) is 21.2 Å². The number of carbonyl (C=O) groups excluding carboxylic acids is 1. The Bertz CT molecular complexity index is 865. The minimum atomic E-state index is -0.566. The number of benzene rings is 2. The van der Waals surface area contributed by atoms with Gasteiger partial charge in [0.2, 0.25) is 0 Å². The predicted octanol–water partition coefficient (Wildman–Crippen LogP) is 4.07. The molecule has 136 valence electrons. The maximum absolute atomic E-state index is 11.8. The first-order valence-corrected chi connectivity index (χ1v) is 8.59. The standard InChI is InChI=1S/C19H18BrNO5/c1-23-12-5-6-13(17(9-12)24-2)19-15(10-18(22)25-3)21-14-8-11(20)4-7-16(14)26-19/h4-10,19,21H,1-3H3/b15-10-. The Morgan fingerprint density at radius 3 is 2.65 bits per heavy atom. The van der Waals surface area contributed by atoms with Crippen LogP contribution < -0.4 is 19.5 Å². The first-order chi connectivity index (χ1) is 12.5. The van der Waals surface area contributed by atoms with Crippen molar-refractivity contribution in [3.8, 4) is 17.2 Å². The Morgan fingerprint density at radius 2 is 1.96 bits per heavy atom. The maximum atomic E-state index is 11.8. The highest BCUT2D eigenvalue weighted by Crippen LogP contribution is 2.43. The zero-order valence-corrected chi connectivity index (χ0v) is 16.1. The lowest BCUT2D eigenvalue weighted by molar-refractivity contribution is -0.134. The van der Waals surface area contributed by atoms with Crippen LogP contribution in [-0.2, 0) is 9.53 Å². The van der Waals surface area contributed by atoms with E-state index in [9.17, 15) is 4.79 Å². The van der Waals surface area contributed by atoms with Crippen molar-refractivity contribution < 1.29 is 23.7 Å². The summed E-state index contributed by atoms with van der Waals surface area (Å²) >= 11 is 3.43. The van der Waals surface area contributed by atoms with Crippen LogP contribution in [0.2, 0.25) is 0 Å². The first-order valence-electron chi connectivity index (χ1n) is 7.80. The topological polar surface area (TPSA) is 66.0 Å². The van der Waals surface area contributed by atoms with Crippen LogP contribution in [0.5, 0.6) is 17.2 Å². The Kier molecular flexibility index (Phi) is 5.37. The van der Waals surface area contributed by atoms with E-state index in [4.69, 9.17) is 18.9 Å². The smallest absolute Gasteiger partial charge is 0.332 e. The molecule has 26 heavy (non-hydrogen) atoms. The lowest BCUT2D eigenvalue weighted by Crippen LogP contribution is -2.23. The van der Waals surface area contributed by atoms with Crippen LogP contribution >= 0.6 is 15.9 Å². The van der Waals surface area contributed by atoms with Gasteiger partial charge in [-0.3, -0.25) is 0 Å². The number of methoxy groups -OCH3 is 3. The summed E-state index contributed by atoms with van der Waals surface area (Å²) < 4.78 is 22.6. The van der Waals surface area contributed by atoms with Crippen LogP contribution in [-0.4, -0.2) is 27.3 Å². The molecule has 1 atom stereocenters. The number of esters is 1. The van der Waals surface area contributed by atoms with Gasteiger partial charge in [0, 0.05) is 22.2 Å². The zero-order valence-electron chi connectivity index (χ0n) is 14.5. The first kappa shape index (κ1) is 18.1. The molecule has 7 heteroatoms. The van der Waals surface area contributed by atoms with Gasteiger partial charge in [0.15, 0.2) is 6.10 Å². The minimum absolute atomic E-state index is 0.480. The molecule has 0 spiro atoms. The Morgan fingerprint density at radius 1 is 1.15 bits per heavy atom. The van der Waals surface area contributed by atoms with Crippen molar-refractivity contribution in [3.05, 3.63) is 58.2 Å². The summed E-state index contributed by atoms with van der Waals surface area (Å²) in [7, 11) is 4.49. The number of carbonyl (C=O) groups is 1. The molecule has 0 radical (unpaired) electrons. The van der Waals surface area contributed by atoms with Crippen LogP contribution in [0.1, 0.15) is 11.7 Å². The highest BCUT2D eigenvalue weighted by atomic mass is 79.9. The predicted molar refractivity (Wildman–Crippen MR) is 101 cm³/mol. The van der Waals surface area contributed by atoms with E-state index >= 15 is 0 Å². The molecule has 1 aliphatic heterocycles. The van der Waals surface area contributed by atoms with Gasteiger partial charge in [-0.05, 0) is 30.3 Å². The van der Waals surface area contributed by atoms with E-state index in [0.717, 1.165) is 15.7 Å². The van der Waals surface area contributed by atoms with Crippen molar-refractivity contribution in [1.29, 1.82) is 0 Å². The quantitative estimate of drug-likeness (QED) is 0.595. The molecular formula is C19H18BrNO5. The molecule has 0 saturated heterocycles. The summed E-state index contributed by atoms with van der Waals surface area (Å²) in [5.74, 6) is 1.44. The fourth-order valence-corrected chi connectivity index (χ4v) is 3.04. The number of hydrogen-bond acceptors (Lipinski definition) is 6. The Labute approximate surface area is 159 Å². The van der Waals surface area contributed by atoms with Gasteiger partial charge in [-0.15, -0.1) is 0 Å². The molecule has 0 bridgehead atoms. The number of ether oxygens (including phenoxy) is 4. The van der Waals surface area contributed by atoms with Crippen LogP contribution in [0.15, 0.2) is 52.6 Å². The number of nitrogens with one attached hydrogen (secondary N) is 1. The van der Waals surface area contributed by atoms with Gasteiger partial charge in [0.05, 0.1) is 32.7 Å². The van der Waals surface area contributed by atoms with E-state index in [0.29, 0.717) is 22.9 Å². The van der Waals surface area contributed by atoms with E-state index in [1.54, 1.807) is 20.3 Å². The lowest BCUT2D eigenvalue weighted by Gasteiger charge is -2.31. The average Bonchev–Trinajstić information content (AvgIpc) is 2.66. The summed E-state index contributed by atoms with van der Waals surface area (Å²) in [5.41, 5.74) is 2.05. The zero-order chi connectivity index (χ0) is 18.7. The van der Waals surface area contributed by atoms with Crippen LogP contribution in [0, 0.1) is 0 Å². The summed E-state index contributed by atoms with van der Waals surface area (Å²) in [6.45, 7) is 0. The fourth-order valence-electron chi connectivity index (χ4n) is 2.68. The number of fused-ring (bicyclic) bond motifs is 1. The molecule has 1 N–H and O–H groups in total. The summed E-state index contributed by atoms with van der Waals surface area (Å²) in [4.78, 5) is 11.8. The van der Waals surface area contributed by atoms with Crippen LogP contribution in [0.4, 0.5) is 5.69 Å². The molecule has 0 aliphatic carbocycles. The van der Waals surface area contributed by atoms with E-state index < -0.39 is 12.1 Å². The van der Waals surface area contributed by atoms with Crippen molar-refractivity contribution in [2.75, 3.05) is 26.6 Å². The number of rotatable bonds is 4. The molecule has 1 aliphatic rings. The third-order valence-corrected chi connectivity index (χ3v) is 4.44. The van der Waals surface area contributed by atoms with E-state index in [1.807, 2.05) is 30.3 Å². The number of hydrogen-bond donors (Lipinski definition) is 1. The molecule has 1 unspecified atom stereocenters. The number of anilines is 1. The molecule has 1 heterocycles. The fraction of sp³-hybridized carbons (Fsp3) is 0.211. The molecule has 3 rings (SSSR count). The van der Waals surface area contributed by atoms with Crippen molar-refractivity contribution in [2.24, 2.45) is 0 Å². The minimum Gasteiger partial charge on any atom is -0.497 e. The van der Waals surface area contributed by atoms with Gasteiger partial charge in [-0.1, -0.05) is 15.9 Å². The van der Waals surface area contributed by atoms with Crippen molar-refractivity contribution in [1.82, 2.24) is 0 Å². The summed E-state index contributed by atoms with van der Waals surface area (Å²) in [6, 6.07) is 11.0. The monoisotopic (exact) mass is 419 g/mol. The second-order valence-corrected chi connectivity index (χ2v) is 6.41. The van der Waals surface area contributed by atoms with Gasteiger partial charge < -0.3 is 24.3 Å². The van der Waals surface area contributed by atoms with Crippen molar-refractivity contribution in [3.63, 3.8) is 0 Å². The maximum Gasteiger partial charge on any atom is 0.332 e. The van der Waals surface area contributed by atoms with Crippen LogP contribution in [0.3, 0.4) is 0 Å². The third kappa shape index (κ3) is 3.62. The summed E-state index contributed by atoms with van der Waals surface area (Å²) in [6.07, 6.45) is 0.807. The van der Waals surface area contributed by atoms with Gasteiger partial charge in [-0.25, -0.2) is 4.79 Å². The molecule has 0 fully saturated rings. The highest BCUT2D eigenvalue weighted by molar-refractivity contribution is 9.10. The molecule has 6 nitrogen and oxygen atoms in total. The van der Waals surface area contributed by atoms with Crippen molar-refractivity contribution in [2.45, 2.75) is 6.10 Å². The highest BCUT2D eigenvalue weighted by Gasteiger charge is 2.29. The molecule has 2 aromatic carbocycles. The molecular weight excluding hydrogens is 402 g/mol. The molecule has 0 saturated carbocycles. The average molecular weight is 420 g/mol. The second kappa shape index (κ2) is 7.70. The molecule has 0 aromatic heterocycles. The van der Waals surface area contributed by atoms with Gasteiger partial charge >= 0.3 is 5.97 Å². The third-order valence-electron chi connectivity index (χ3n) is 3.95. The second-order valence-electron chi connectivity index (χ2n) is 5.49. The van der Waals surface area contributed by atoms with Gasteiger partial charge in [-0.2, -0.15) is 0 Å². The molecule has 0 amide bonds. The summed E-state index contributed by atoms with van der Waals surface area (Å²) in [5, 5.41) is 3.25. The van der Waals surface area contributed by atoms with Gasteiger partial charge in [0.1, 0.15) is 17.2 Å². The Balaban J connectivity index is 2.09. The van der Waals surface area contributed by atoms with E-state index in [1.165, 1.54) is 13.2 Å². The molecule has 2 aromatic rings. The SMILES string of the molecule is COC(=O)/C=C1\Nc2cc(Br)ccc2OC1c1ccc(OC)cc1OC. The lowest BCUT2D eigenvalue weighted by atomic mass is 10.0. The largest absolute Gasteiger partial charge is 0.497 e. The van der Waals surface area contributed by atoms with E-state index in [-0.39, 0.29) is 0 Å². The van der Waals surface area contributed by atoms with Crippen LogP contribution in [0.25, 0.3) is 0 Å². The number of halogens is 1. The normalized spacial score (nSPS) is 16.9.